The van der Waals surface area contributed by atoms with Crippen molar-refractivity contribution in [2.45, 2.75) is 96.5 Å². The molecule has 0 amide bonds. The number of methoxy groups -OCH3 is 1. The van der Waals surface area contributed by atoms with Crippen LogP contribution in [0.15, 0.2) is 12.1 Å². The molecule has 1 fully saturated rings. The minimum atomic E-state index is -2.18. The summed E-state index contributed by atoms with van der Waals surface area (Å²) in [6.45, 7) is 16.7. The molecular weight excluding hydrogens is 472 g/mol. The summed E-state index contributed by atoms with van der Waals surface area (Å²) < 4.78 is 40.6. The zero-order chi connectivity index (χ0) is 26.2. The molecule has 0 saturated carbocycles. The molecule has 0 aliphatic carbocycles. The molecule has 0 unspecified atom stereocenters. The van der Waals surface area contributed by atoms with Gasteiger partial charge in [-0.25, -0.2) is 4.79 Å². The van der Waals surface area contributed by atoms with E-state index in [1.54, 1.807) is 12.1 Å². The van der Waals surface area contributed by atoms with E-state index >= 15 is 0 Å². The monoisotopic (exact) mass is 512 g/mol. The summed E-state index contributed by atoms with van der Waals surface area (Å²) in [5.41, 5.74) is 0.751. The minimum Gasteiger partial charge on any atom is -0.497 e. The highest BCUT2D eigenvalue weighted by Crippen LogP contribution is 2.44. The molecule has 4 atom stereocenters. The summed E-state index contributed by atoms with van der Waals surface area (Å²) in [6.07, 6.45) is -3.03. The number of hydrogen-bond donors (Lipinski definition) is 1. The first-order valence-corrected chi connectivity index (χ1v) is 14.9. The van der Waals surface area contributed by atoms with Crippen LogP contribution in [-0.2, 0) is 23.4 Å². The molecule has 0 spiro atoms. The van der Waals surface area contributed by atoms with E-state index in [4.69, 9.17) is 32.8 Å². The zero-order valence-electron chi connectivity index (χ0n) is 22.3. The molecule has 0 bridgehead atoms. The van der Waals surface area contributed by atoms with Crippen molar-refractivity contribution in [2.24, 2.45) is 0 Å². The zero-order valence-corrected chi connectivity index (χ0v) is 23.3. The van der Waals surface area contributed by atoms with Gasteiger partial charge in [-0.15, -0.1) is 0 Å². The third-order valence-corrected chi connectivity index (χ3v) is 11.2. The molecular formula is C25H40O9Si. The summed E-state index contributed by atoms with van der Waals surface area (Å²) >= 11 is 0. The molecule has 0 aromatic heterocycles. The number of fused-ring (bicyclic) bond motifs is 1. The highest BCUT2D eigenvalue weighted by Gasteiger charge is 2.50. The van der Waals surface area contributed by atoms with Gasteiger partial charge in [0.25, 0.3) is 0 Å². The number of esters is 1. The maximum Gasteiger partial charge on any atom is 0.343 e. The van der Waals surface area contributed by atoms with Crippen molar-refractivity contribution in [3.8, 4) is 11.5 Å². The molecule has 3 rings (SSSR count). The number of hydrogen-bond acceptors (Lipinski definition) is 9. The number of carbonyl (C=O) groups excluding carboxylic acids is 1. The molecule has 1 N–H and O–H groups in total. The van der Waals surface area contributed by atoms with E-state index in [1.165, 1.54) is 7.11 Å². The fourth-order valence-electron chi connectivity index (χ4n) is 3.89. The molecule has 2 aliphatic rings. The lowest BCUT2D eigenvalue weighted by atomic mass is 9.97. The van der Waals surface area contributed by atoms with Crippen LogP contribution in [0.3, 0.4) is 0 Å². The Balaban J connectivity index is 1.83. The molecule has 2 heterocycles. The summed E-state index contributed by atoms with van der Waals surface area (Å²) in [5.74, 6) is -0.679. The Labute approximate surface area is 209 Å². The quantitative estimate of drug-likeness (QED) is 0.210. The van der Waals surface area contributed by atoms with Crippen LogP contribution in [0.1, 0.15) is 70.0 Å². The molecule has 1 aromatic carbocycles. The van der Waals surface area contributed by atoms with Crippen molar-refractivity contribution >= 4 is 14.3 Å². The van der Waals surface area contributed by atoms with Gasteiger partial charge in [0, 0.05) is 24.7 Å². The fraction of sp³-hybridized carbons (Fsp3) is 0.720. The van der Waals surface area contributed by atoms with Crippen LogP contribution >= 0.6 is 0 Å². The van der Waals surface area contributed by atoms with Crippen molar-refractivity contribution in [1.82, 2.24) is 0 Å². The number of cyclic esters (lactones) is 1. The van der Waals surface area contributed by atoms with E-state index in [2.05, 4.69) is 33.9 Å². The molecule has 198 valence electrons. The van der Waals surface area contributed by atoms with E-state index in [9.17, 15) is 9.90 Å². The van der Waals surface area contributed by atoms with Gasteiger partial charge in [-0.2, -0.15) is 0 Å². The van der Waals surface area contributed by atoms with Crippen molar-refractivity contribution in [3.05, 3.63) is 23.3 Å². The number of aliphatic hydroxyl groups excluding tert-OH is 1. The van der Waals surface area contributed by atoms with Crippen LogP contribution in [0.2, 0.25) is 18.1 Å². The summed E-state index contributed by atoms with van der Waals surface area (Å²) in [4.78, 5) is 12.8. The Bertz CT molecular complexity index is 909. The van der Waals surface area contributed by atoms with Crippen LogP contribution in [-0.4, -0.2) is 64.2 Å². The molecule has 0 radical (unpaired) electrons. The first-order valence-electron chi connectivity index (χ1n) is 12.0. The maximum atomic E-state index is 12.8. The van der Waals surface area contributed by atoms with Gasteiger partial charge in [0.05, 0.1) is 13.2 Å². The first kappa shape index (κ1) is 27.9. The lowest BCUT2D eigenvalue weighted by molar-refractivity contribution is -0.171. The third kappa shape index (κ3) is 6.18. The van der Waals surface area contributed by atoms with E-state index < -0.39 is 44.7 Å². The van der Waals surface area contributed by atoms with Crippen LogP contribution in [0.25, 0.3) is 0 Å². The highest BCUT2D eigenvalue weighted by atomic mass is 28.4. The third-order valence-electron chi connectivity index (χ3n) is 6.77. The molecule has 1 saturated heterocycles. The number of ether oxygens (including phenoxy) is 6. The minimum absolute atomic E-state index is 0.0224. The average molecular weight is 513 g/mol. The van der Waals surface area contributed by atoms with E-state index in [0.717, 1.165) is 0 Å². The second kappa shape index (κ2) is 10.4. The summed E-state index contributed by atoms with van der Waals surface area (Å²) in [7, 11) is -0.659. The van der Waals surface area contributed by atoms with Gasteiger partial charge in [-0.05, 0) is 45.0 Å². The normalized spacial score (nSPS) is 24.7. The van der Waals surface area contributed by atoms with Crippen molar-refractivity contribution < 1.29 is 42.7 Å². The summed E-state index contributed by atoms with van der Waals surface area (Å²) in [6, 6.07) is 3.29. The van der Waals surface area contributed by atoms with Crippen molar-refractivity contribution in [1.29, 1.82) is 0 Å². The fourth-order valence-corrected chi connectivity index (χ4v) is 5.02. The maximum absolute atomic E-state index is 12.8. The Morgan fingerprint density at radius 2 is 1.89 bits per heavy atom. The number of aliphatic hydroxyl groups is 1. The standard InChI is InChI=1S/C25H40O9Si/c1-10-29-14-30-18-12-15(28-7)11-16-20(18)22(27)31-21(16)17(26)13-19-23(33-25(5,6)32-19)34-35(8,9)24(2,3)4/h11-12,17,19,21,23,26H,10,13-14H2,1-9H3/t17-,19+,21+,23-/m1/s1. The predicted octanol–water partition coefficient (Wildman–Crippen LogP) is 4.53. The van der Waals surface area contributed by atoms with Crippen molar-refractivity contribution in [2.75, 3.05) is 20.5 Å². The Morgan fingerprint density at radius 1 is 1.20 bits per heavy atom. The molecule has 2 aliphatic heterocycles. The Kier molecular flexibility index (Phi) is 8.25. The second-order valence-corrected chi connectivity index (χ2v) is 15.7. The topological polar surface area (TPSA) is 102 Å². The van der Waals surface area contributed by atoms with Crippen molar-refractivity contribution in [3.63, 3.8) is 0 Å². The van der Waals surface area contributed by atoms with Gasteiger partial charge in [0.2, 0.25) is 0 Å². The molecule has 9 nitrogen and oxygen atoms in total. The van der Waals surface area contributed by atoms with Gasteiger partial charge >= 0.3 is 5.97 Å². The van der Waals surface area contributed by atoms with Crippen LogP contribution in [0.4, 0.5) is 0 Å². The lowest BCUT2D eigenvalue weighted by Crippen LogP contribution is -2.47. The second-order valence-electron chi connectivity index (χ2n) is 10.9. The van der Waals surface area contributed by atoms with Gasteiger partial charge < -0.3 is 38.0 Å². The number of rotatable bonds is 10. The van der Waals surface area contributed by atoms with Gasteiger partial charge in [-0.1, -0.05) is 20.8 Å². The first-order chi connectivity index (χ1) is 16.2. The largest absolute Gasteiger partial charge is 0.497 e. The Hall–Kier alpha value is -1.69. The van der Waals surface area contributed by atoms with E-state index in [1.807, 2.05) is 20.8 Å². The Morgan fingerprint density at radius 3 is 2.49 bits per heavy atom. The van der Waals surface area contributed by atoms with E-state index in [0.29, 0.717) is 17.9 Å². The predicted molar refractivity (Wildman–Crippen MR) is 131 cm³/mol. The number of benzene rings is 1. The molecule has 10 heteroatoms. The molecule has 35 heavy (non-hydrogen) atoms. The van der Waals surface area contributed by atoms with E-state index in [-0.39, 0.29) is 29.6 Å². The van der Waals surface area contributed by atoms with Gasteiger partial charge in [0.1, 0.15) is 23.2 Å². The van der Waals surface area contributed by atoms with Crippen LogP contribution in [0, 0.1) is 0 Å². The lowest BCUT2D eigenvalue weighted by Gasteiger charge is -2.39. The molecule has 1 aromatic rings. The smallest absolute Gasteiger partial charge is 0.343 e. The summed E-state index contributed by atoms with van der Waals surface area (Å²) in [5, 5.41) is 11.2. The van der Waals surface area contributed by atoms with Crippen LogP contribution < -0.4 is 9.47 Å². The SMILES string of the molecule is CCOCOc1cc(OC)cc2c1C(=O)O[C@@H]2[C@H](O)C[C@@H]1OC(C)(C)O[C@@H]1O[Si](C)(C)C(C)(C)C. The van der Waals surface area contributed by atoms with Crippen LogP contribution in [0.5, 0.6) is 11.5 Å². The van der Waals surface area contributed by atoms with Gasteiger partial charge in [-0.3, -0.25) is 0 Å². The highest BCUT2D eigenvalue weighted by molar-refractivity contribution is 6.74. The number of carbonyl (C=O) groups is 1. The van der Waals surface area contributed by atoms with Gasteiger partial charge in [0.15, 0.2) is 33.3 Å². The average Bonchev–Trinajstić information content (AvgIpc) is 3.22.